The molecule has 7 heteroatoms. The average molecular weight is 374 g/mol. The summed E-state index contributed by atoms with van der Waals surface area (Å²) in [5, 5.41) is 6.18. The third kappa shape index (κ3) is 5.70. The molecule has 0 unspecified atom stereocenters. The van der Waals surface area contributed by atoms with E-state index in [1.165, 1.54) is 11.3 Å². The Hall–Kier alpha value is -2.67. The minimum Gasteiger partial charge on any atom is -0.462 e. The number of ether oxygens (including phenoxy) is 1. The van der Waals surface area contributed by atoms with Crippen molar-refractivity contribution in [2.45, 2.75) is 26.7 Å². The molecule has 0 aliphatic rings. The molecule has 2 amide bonds. The zero-order valence-corrected chi connectivity index (χ0v) is 15.7. The van der Waals surface area contributed by atoms with Gasteiger partial charge in [-0.05, 0) is 44.0 Å². The number of thiophene rings is 1. The second-order valence-corrected chi connectivity index (χ2v) is 6.67. The van der Waals surface area contributed by atoms with Crippen molar-refractivity contribution in [1.29, 1.82) is 0 Å². The lowest BCUT2D eigenvalue weighted by Gasteiger charge is -2.05. The van der Waals surface area contributed by atoms with Crippen LogP contribution in [0.15, 0.2) is 36.4 Å². The van der Waals surface area contributed by atoms with E-state index in [0.29, 0.717) is 35.0 Å². The molecule has 1 aromatic heterocycles. The highest BCUT2D eigenvalue weighted by Gasteiger charge is 2.15. The second-order valence-electron chi connectivity index (χ2n) is 5.62. The van der Waals surface area contributed by atoms with Crippen molar-refractivity contribution in [1.82, 2.24) is 5.32 Å². The van der Waals surface area contributed by atoms with Crippen LogP contribution in [0, 0.1) is 6.92 Å². The van der Waals surface area contributed by atoms with Gasteiger partial charge in [0.1, 0.15) is 4.88 Å². The first-order valence-corrected chi connectivity index (χ1v) is 9.23. The Kier molecular flexibility index (Phi) is 7.35. The van der Waals surface area contributed by atoms with Crippen molar-refractivity contribution in [3.8, 4) is 0 Å². The van der Waals surface area contributed by atoms with Gasteiger partial charge >= 0.3 is 5.97 Å². The third-order valence-corrected chi connectivity index (χ3v) is 4.68. The van der Waals surface area contributed by atoms with Crippen LogP contribution in [-0.2, 0) is 9.53 Å². The van der Waals surface area contributed by atoms with Gasteiger partial charge in [0.25, 0.3) is 5.91 Å². The van der Waals surface area contributed by atoms with E-state index in [-0.39, 0.29) is 24.2 Å². The molecular weight excluding hydrogens is 352 g/mol. The summed E-state index contributed by atoms with van der Waals surface area (Å²) in [7, 11) is 0. The molecule has 0 radical (unpaired) electrons. The van der Waals surface area contributed by atoms with Gasteiger partial charge in [0.2, 0.25) is 5.91 Å². The standard InChI is InChI=1S/C19H22N2O4S/c1-3-25-19(24)17-13(2)12-16(26-17)21-15(22)10-7-11-20-18(23)14-8-5-4-6-9-14/h4-6,8-9,12H,3,7,10-11H2,1-2H3,(H,20,23)(H,21,22). The van der Waals surface area contributed by atoms with E-state index in [2.05, 4.69) is 10.6 Å². The second kappa shape index (κ2) is 9.72. The summed E-state index contributed by atoms with van der Waals surface area (Å²) in [4.78, 5) is 36.2. The minimum absolute atomic E-state index is 0.154. The van der Waals surface area contributed by atoms with Crippen molar-refractivity contribution in [3.05, 3.63) is 52.4 Å². The van der Waals surface area contributed by atoms with Crippen molar-refractivity contribution in [3.63, 3.8) is 0 Å². The third-order valence-electron chi connectivity index (χ3n) is 3.54. The van der Waals surface area contributed by atoms with Gasteiger partial charge in [0.05, 0.1) is 11.6 Å². The summed E-state index contributed by atoms with van der Waals surface area (Å²) in [5.41, 5.74) is 1.37. The van der Waals surface area contributed by atoms with Gasteiger partial charge in [-0.2, -0.15) is 0 Å². The lowest BCUT2D eigenvalue weighted by molar-refractivity contribution is -0.116. The van der Waals surface area contributed by atoms with Crippen molar-refractivity contribution in [2.24, 2.45) is 0 Å². The number of aryl methyl sites for hydroxylation is 1. The van der Waals surface area contributed by atoms with Gasteiger partial charge in [0, 0.05) is 18.5 Å². The van der Waals surface area contributed by atoms with Crippen molar-refractivity contribution >= 4 is 34.1 Å². The molecule has 2 rings (SSSR count). The molecule has 0 aliphatic carbocycles. The van der Waals surface area contributed by atoms with Gasteiger partial charge in [-0.25, -0.2) is 4.79 Å². The van der Waals surface area contributed by atoms with Gasteiger partial charge in [-0.1, -0.05) is 18.2 Å². The van der Waals surface area contributed by atoms with Gasteiger partial charge in [0.15, 0.2) is 0 Å². The number of carbonyl (C=O) groups excluding carboxylic acids is 3. The maximum Gasteiger partial charge on any atom is 0.348 e. The van der Waals surface area contributed by atoms with E-state index in [1.807, 2.05) is 6.07 Å². The molecule has 6 nitrogen and oxygen atoms in total. The predicted octanol–water partition coefficient (Wildman–Crippen LogP) is 3.38. The summed E-state index contributed by atoms with van der Waals surface area (Å²) in [6.45, 7) is 4.28. The van der Waals surface area contributed by atoms with Crippen molar-refractivity contribution < 1.29 is 19.1 Å². The van der Waals surface area contributed by atoms with Gasteiger partial charge in [-0.3, -0.25) is 9.59 Å². The number of anilines is 1. The molecule has 0 bridgehead atoms. The number of benzene rings is 1. The number of rotatable bonds is 8. The van der Waals surface area contributed by atoms with Crippen LogP contribution in [0.2, 0.25) is 0 Å². The van der Waals surface area contributed by atoms with Crippen LogP contribution < -0.4 is 10.6 Å². The highest BCUT2D eigenvalue weighted by atomic mass is 32.1. The van der Waals surface area contributed by atoms with Crippen LogP contribution in [0.25, 0.3) is 0 Å². The smallest absolute Gasteiger partial charge is 0.348 e. The number of hydrogen-bond acceptors (Lipinski definition) is 5. The van der Waals surface area contributed by atoms with Crippen molar-refractivity contribution in [2.75, 3.05) is 18.5 Å². The Morgan fingerprint density at radius 2 is 1.88 bits per heavy atom. The molecule has 0 atom stereocenters. The fourth-order valence-electron chi connectivity index (χ4n) is 2.29. The van der Waals surface area contributed by atoms with Gasteiger partial charge in [-0.15, -0.1) is 11.3 Å². The first kappa shape index (κ1) is 19.7. The Balaban J connectivity index is 1.74. The Bertz CT molecular complexity index is 771. The Morgan fingerprint density at radius 3 is 2.58 bits per heavy atom. The number of esters is 1. The number of nitrogens with one attached hydrogen (secondary N) is 2. The average Bonchev–Trinajstić information content (AvgIpc) is 2.99. The highest BCUT2D eigenvalue weighted by Crippen LogP contribution is 2.27. The maximum absolute atomic E-state index is 12.0. The highest BCUT2D eigenvalue weighted by molar-refractivity contribution is 7.18. The topological polar surface area (TPSA) is 84.5 Å². The minimum atomic E-state index is -0.376. The summed E-state index contributed by atoms with van der Waals surface area (Å²) in [6.07, 6.45) is 0.806. The van der Waals surface area contributed by atoms with Crippen LogP contribution in [0.4, 0.5) is 5.00 Å². The Morgan fingerprint density at radius 1 is 1.15 bits per heavy atom. The quantitative estimate of drug-likeness (QED) is 0.548. The molecule has 0 spiro atoms. The molecule has 0 fully saturated rings. The molecule has 0 saturated carbocycles. The lowest BCUT2D eigenvalue weighted by Crippen LogP contribution is -2.25. The number of hydrogen-bond donors (Lipinski definition) is 2. The summed E-state index contributed by atoms with van der Waals surface area (Å²) >= 11 is 1.20. The summed E-state index contributed by atoms with van der Waals surface area (Å²) < 4.78 is 4.98. The zero-order chi connectivity index (χ0) is 18.9. The van der Waals surface area contributed by atoms with Crippen LogP contribution in [0.5, 0.6) is 0 Å². The van der Waals surface area contributed by atoms with E-state index in [0.717, 1.165) is 5.56 Å². The summed E-state index contributed by atoms with van der Waals surface area (Å²) in [5.74, 6) is -0.686. The number of carbonyl (C=O) groups is 3. The molecule has 0 aliphatic heterocycles. The zero-order valence-electron chi connectivity index (χ0n) is 14.8. The normalized spacial score (nSPS) is 10.2. The Labute approximate surface area is 156 Å². The fraction of sp³-hybridized carbons (Fsp3) is 0.316. The van der Waals surface area contributed by atoms with Crippen LogP contribution >= 0.6 is 11.3 Å². The molecule has 2 N–H and O–H groups in total. The molecule has 138 valence electrons. The largest absolute Gasteiger partial charge is 0.462 e. The molecular formula is C19H22N2O4S. The van der Waals surface area contributed by atoms with E-state index in [4.69, 9.17) is 4.74 Å². The predicted molar refractivity (Wildman–Crippen MR) is 102 cm³/mol. The first-order chi connectivity index (χ1) is 12.5. The molecule has 1 heterocycles. The maximum atomic E-state index is 12.0. The van der Waals surface area contributed by atoms with E-state index in [9.17, 15) is 14.4 Å². The van der Waals surface area contributed by atoms with E-state index < -0.39 is 0 Å². The first-order valence-electron chi connectivity index (χ1n) is 8.42. The monoisotopic (exact) mass is 374 g/mol. The van der Waals surface area contributed by atoms with Crippen LogP contribution in [-0.4, -0.2) is 30.9 Å². The lowest BCUT2D eigenvalue weighted by atomic mass is 10.2. The van der Waals surface area contributed by atoms with E-state index in [1.54, 1.807) is 44.2 Å². The molecule has 1 aromatic carbocycles. The van der Waals surface area contributed by atoms with Crippen LogP contribution in [0.3, 0.4) is 0 Å². The molecule has 2 aromatic rings. The SMILES string of the molecule is CCOC(=O)c1sc(NC(=O)CCCNC(=O)c2ccccc2)cc1C. The molecule has 0 saturated heterocycles. The number of amides is 2. The van der Waals surface area contributed by atoms with Gasteiger partial charge < -0.3 is 15.4 Å². The van der Waals surface area contributed by atoms with E-state index >= 15 is 0 Å². The summed E-state index contributed by atoms with van der Waals surface area (Å²) in [6, 6.07) is 10.7. The molecule has 26 heavy (non-hydrogen) atoms. The van der Waals surface area contributed by atoms with Crippen LogP contribution in [0.1, 0.15) is 45.4 Å². The fourth-order valence-corrected chi connectivity index (χ4v) is 3.27.